The molecular weight excluding hydrogens is 349 g/mol. The Bertz CT molecular complexity index is 545. The molecule has 0 aliphatic rings. The monoisotopic (exact) mass is 361 g/mol. The largest absolute Gasteiger partial charge is 0.306 e. The van der Waals surface area contributed by atoms with Crippen LogP contribution >= 0.6 is 38.9 Å². The lowest BCUT2D eigenvalue weighted by Gasteiger charge is -2.17. The van der Waals surface area contributed by atoms with Gasteiger partial charge in [0.1, 0.15) is 10.2 Å². The number of aryl methyl sites for hydroxylation is 1. The Morgan fingerprint density at radius 2 is 2.11 bits per heavy atom. The maximum Gasteiger partial charge on any atom is 0.123 e. The molecule has 1 unspecified atom stereocenters. The van der Waals surface area contributed by atoms with Crippen molar-refractivity contribution in [2.24, 2.45) is 0 Å². The van der Waals surface area contributed by atoms with Crippen LogP contribution < -0.4 is 5.32 Å². The van der Waals surface area contributed by atoms with E-state index in [-0.39, 0.29) is 11.9 Å². The Morgan fingerprint density at radius 3 is 2.63 bits per heavy atom. The summed E-state index contributed by atoms with van der Waals surface area (Å²) in [6, 6.07) is 7.05. The first-order valence-corrected chi connectivity index (χ1v) is 7.95. The average Bonchev–Trinajstić information content (AvgIpc) is 2.65. The van der Waals surface area contributed by atoms with Crippen LogP contribution in [0.1, 0.15) is 29.0 Å². The first-order valence-electron chi connectivity index (χ1n) is 5.96. The lowest BCUT2D eigenvalue weighted by atomic mass is 10.0. The fraction of sp³-hybridized carbons (Fsp3) is 0.286. The normalized spacial score (nSPS) is 12.7. The van der Waals surface area contributed by atoms with E-state index < -0.39 is 0 Å². The second-order valence-electron chi connectivity index (χ2n) is 4.32. The zero-order valence-electron chi connectivity index (χ0n) is 10.6. The van der Waals surface area contributed by atoms with Gasteiger partial charge in [0.2, 0.25) is 0 Å². The molecule has 0 fully saturated rings. The summed E-state index contributed by atoms with van der Waals surface area (Å²) < 4.78 is 15.2. The third-order valence-corrected chi connectivity index (χ3v) is 5.29. The molecule has 19 heavy (non-hydrogen) atoms. The standard InChI is InChI=1S/C14H14BrClFNS/c1-3-18-13(12-7-11(15)14(16)19-12)9-4-8(2)5-10(17)6-9/h4-7,13,18H,3H2,1-2H3. The Balaban J connectivity index is 2.44. The van der Waals surface area contributed by atoms with Crippen molar-refractivity contribution in [2.75, 3.05) is 6.54 Å². The van der Waals surface area contributed by atoms with Crippen molar-refractivity contribution in [3.63, 3.8) is 0 Å². The molecule has 0 amide bonds. The van der Waals surface area contributed by atoms with Gasteiger partial charge in [-0.3, -0.25) is 0 Å². The summed E-state index contributed by atoms with van der Waals surface area (Å²) in [7, 11) is 0. The van der Waals surface area contributed by atoms with E-state index >= 15 is 0 Å². The average molecular weight is 363 g/mol. The molecule has 0 aliphatic heterocycles. The Hall–Kier alpha value is -0.420. The minimum atomic E-state index is -0.209. The molecule has 0 bridgehead atoms. The Labute approximate surface area is 129 Å². The number of rotatable bonds is 4. The number of thiophene rings is 1. The number of hydrogen-bond donors (Lipinski definition) is 1. The van der Waals surface area contributed by atoms with E-state index in [1.54, 1.807) is 6.07 Å². The molecule has 0 saturated heterocycles. The molecule has 1 aromatic carbocycles. The fourth-order valence-electron chi connectivity index (χ4n) is 2.02. The van der Waals surface area contributed by atoms with Gasteiger partial charge in [-0.2, -0.15) is 0 Å². The smallest absolute Gasteiger partial charge is 0.123 e. The van der Waals surface area contributed by atoms with E-state index in [0.29, 0.717) is 4.34 Å². The first-order chi connectivity index (χ1) is 9.01. The van der Waals surface area contributed by atoms with E-state index in [1.807, 2.05) is 26.0 Å². The number of hydrogen-bond acceptors (Lipinski definition) is 2. The quantitative estimate of drug-likeness (QED) is 0.777. The summed E-state index contributed by atoms with van der Waals surface area (Å²) in [6.45, 7) is 4.73. The summed E-state index contributed by atoms with van der Waals surface area (Å²) in [5.74, 6) is -0.209. The Morgan fingerprint density at radius 1 is 1.37 bits per heavy atom. The van der Waals surface area contributed by atoms with Crippen LogP contribution in [-0.4, -0.2) is 6.54 Å². The van der Waals surface area contributed by atoms with Gasteiger partial charge in [0, 0.05) is 9.35 Å². The van der Waals surface area contributed by atoms with Gasteiger partial charge < -0.3 is 5.32 Å². The van der Waals surface area contributed by atoms with Gasteiger partial charge in [0.25, 0.3) is 0 Å². The molecule has 0 aliphatic carbocycles. The molecule has 0 spiro atoms. The maximum absolute atomic E-state index is 13.6. The summed E-state index contributed by atoms with van der Waals surface area (Å²) >= 11 is 11.0. The van der Waals surface area contributed by atoms with E-state index in [9.17, 15) is 4.39 Å². The molecule has 2 aromatic rings. The third-order valence-electron chi connectivity index (χ3n) is 2.75. The second-order valence-corrected chi connectivity index (χ2v) is 6.86. The van der Waals surface area contributed by atoms with Crippen molar-refractivity contribution in [3.8, 4) is 0 Å². The van der Waals surface area contributed by atoms with E-state index in [0.717, 1.165) is 27.0 Å². The zero-order valence-corrected chi connectivity index (χ0v) is 13.8. The minimum Gasteiger partial charge on any atom is -0.306 e. The molecule has 102 valence electrons. The summed E-state index contributed by atoms with van der Waals surface area (Å²) in [5.41, 5.74) is 1.84. The molecule has 0 saturated carbocycles. The van der Waals surface area contributed by atoms with Crippen LogP contribution in [0.2, 0.25) is 4.34 Å². The topological polar surface area (TPSA) is 12.0 Å². The van der Waals surface area contributed by atoms with Gasteiger partial charge in [0.15, 0.2) is 0 Å². The summed E-state index contributed by atoms with van der Waals surface area (Å²) in [5, 5.41) is 3.37. The molecule has 5 heteroatoms. The van der Waals surface area contributed by atoms with Gasteiger partial charge in [-0.15, -0.1) is 11.3 Å². The Kier molecular flexibility index (Phi) is 5.01. The predicted molar refractivity (Wildman–Crippen MR) is 83.7 cm³/mol. The summed E-state index contributed by atoms with van der Waals surface area (Å²) in [4.78, 5) is 1.07. The molecular formula is C14H14BrClFNS. The molecule has 1 heterocycles. The number of halogens is 3. The van der Waals surface area contributed by atoms with Gasteiger partial charge >= 0.3 is 0 Å². The highest BCUT2D eigenvalue weighted by molar-refractivity contribution is 9.10. The molecule has 2 rings (SSSR count). The number of nitrogens with one attached hydrogen (secondary N) is 1. The molecule has 1 aromatic heterocycles. The van der Waals surface area contributed by atoms with Crippen LogP contribution in [0.25, 0.3) is 0 Å². The lowest BCUT2D eigenvalue weighted by molar-refractivity contribution is 0.605. The highest BCUT2D eigenvalue weighted by Crippen LogP contribution is 2.37. The fourth-order valence-corrected chi connectivity index (χ4v) is 3.86. The maximum atomic E-state index is 13.6. The van der Waals surface area contributed by atoms with Crippen molar-refractivity contribution in [2.45, 2.75) is 19.9 Å². The molecule has 1 atom stereocenters. The summed E-state index contributed by atoms with van der Waals surface area (Å²) in [6.07, 6.45) is 0. The molecule has 0 radical (unpaired) electrons. The van der Waals surface area contributed by atoms with Crippen LogP contribution in [0.5, 0.6) is 0 Å². The van der Waals surface area contributed by atoms with E-state index in [2.05, 4.69) is 21.2 Å². The van der Waals surface area contributed by atoms with Gasteiger partial charge in [-0.05, 0) is 58.7 Å². The van der Waals surface area contributed by atoms with Crippen molar-refractivity contribution in [1.82, 2.24) is 5.32 Å². The van der Waals surface area contributed by atoms with Crippen molar-refractivity contribution >= 4 is 38.9 Å². The van der Waals surface area contributed by atoms with Crippen LogP contribution in [-0.2, 0) is 0 Å². The van der Waals surface area contributed by atoms with Crippen LogP contribution in [0.4, 0.5) is 4.39 Å². The van der Waals surface area contributed by atoms with Gasteiger partial charge in [-0.25, -0.2) is 4.39 Å². The van der Waals surface area contributed by atoms with Crippen molar-refractivity contribution in [3.05, 3.63) is 54.9 Å². The van der Waals surface area contributed by atoms with E-state index in [4.69, 9.17) is 11.6 Å². The molecule has 1 nitrogen and oxygen atoms in total. The third kappa shape index (κ3) is 3.57. The van der Waals surface area contributed by atoms with Crippen LogP contribution in [0.15, 0.2) is 28.7 Å². The lowest BCUT2D eigenvalue weighted by Crippen LogP contribution is -2.21. The minimum absolute atomic E-state index is 0.0341. The highest BCUT2D eigenvalue weighted by atomic mass is 79.9. The predicted octanol–water partition coefficient (Wildman–Crippen LogP) is 5.31. The van der Waals surface area contributed by atoms with Crippen LogP contribution in [0.3, 0.4) is 0 Å². The van der Waals surface area contributed by atoms with Crippen molar-refractivity contribution < 1.29 is 4.39 Å². The van der Waals surface area contributed by atoms with E-state index in [1.165, 1.54) is 17.4 Å². The first kappa shape index (κ1) is 15.0. The molecule has 1 N–H and O–H groups in total. The SMILES string of the molecule is CCNC(c1cc(C)cc(F)c1)c1cc(Br)c(Cl)s1. The number of benzene rings is 1. The highest BCUT2D eigenvalue weighted by Gasteiger charge is 2.18. The van der Waals surface area contributed by atoms with Gasteiger partial charge in [-0.1, -0.05) is 24.6 Å². The van der Waals surface area contributed by atoms with Crippen molar-refractivity contribution in [1.29, 1.82) is 0 Å². The van der Waals surface area contributed by atoms with Gasteiger partial charge in [0.05, 0.1) is 6.04 Å². The van der Waals surface area contributed by atoms with Crippen LogP contribution in [0, 0.1) is 12.7 Å². The zero-order chi connectivity index (χ0) is 14.0. The second kappa shape index (κ2) is 6.35.